The Morgan fingerprint density at radius 3 is 2.60 bits per heavy atom. The highest BCUT2D eigenvalue weighted by atomic mass is 19.4. The number of fused-ring (bicyclic) bond motifs is 1. The first-order valence-corrected chi connectivity index (χ1v) is 14.8. The number of alkyl halides is 3. The third-order valence-electron chi connectivity index (χ3n) is 8.70. The van der Waals surface area contributed by atoms with Gasteiger partial charge in [0.15, 0.2) is 5.83 Å². The number of hydrogen-bond acceptors (Lipinski definition) is 8. The predicted octanol–water partition coefficient (Wildman–Crippen LogP) is 4.72. The number of hydrogen-bond donors (Lipinski definition) is 0. The lowest BCUT2D eigenvalue weighted by Gasteiger charge is -2.43. The molecule has 9 nitrogen and oxygen atoms in total. The number of anilines is 2. The molecule has 0 N–H and O–H groups in total. The van der Waals surface area contributed by atoms with Gasteiger partial charge in [0.1, 0.15) is 11.6 Å². The molecule has 1 saturated carbocycles. The molecule has 1 aromatic heterocycles. The van der Waals surface area contributed by atoms with Crippen LogP contribution in [0.25, 0.3) is 0 Å². The van der Waals surface area contributed by atoms with E-state index in [1.807, 2.05) is 19.0 Å². The fourth-order valence-corrected chi connectivity index (χ4v) is 6.38. The molecule has 3 heterocycles. The second-order valence-corrected chi connectivity index (χ2v) is 12.5. The summed E-state index contributed by atoms with van der Waals surface area (Å²) >= 11 is 0. The number of nitrogens with zero attached hydrogens (tertiary/aromatic N) is 7. The summed E-state index contributed by atoms with van der Waals surface area (Å²) in [4.78, 5) is 28.5. The van der Waals surface area contributed by atoms with E-state index in [0.29, 0.717) is 23.7 Å². The van der Waals surface area contributed by atoms with Crippen molar-refractivity contribution in [2.24, 2.45) is 5.41 Å². The van der Waals surface area contributed by atoms with Gasteiger partial charge in [-0.25, -0.2) is 8.78 Å². The van der Waals surface area contributed by atoms with Crippen molar-refractivity contribution < 1.29 is 31.5 Å². The van der Waals surface area contributed by atoms with Gasteiger partial charge in [-0.3, -0.25) is 4.79 Å². The third-order valence-corrected chi connectivity index (χ3v) is 8.70. The number of carbonyl (C=O) groups excluding carboxylic acids is 1. The van der Waals surface area contributed by atoms with Gasteiger partial charge in [-0.15, -0.1) is 0 Å². The van der Waals surface area contributed by atoms with Crippen molar-refractivity contribution in [1.82, 2.24) is 19.8 Å². The topological polar surface area (TPSA) is 88.8 Å². The number of ether oxygens (including phenoxy) is 1. The first-order chi connectivity index (χ1) is 21.2. The van der Waals surface area contributed by atoms with Crippen molar-refractivity contribution in [3.63, 3.8) is 0 Å². The van der Waals surface area contributed by atoms with Crippen LogP contribution in [-0.4, -0.2) is 84.6 Å². The molecule has 1 unspecified atom stereocenters. The zero-order valence-corrected chi connectivity index (χ0v) is 25.5. The summed E-state index contributed by atoms with van der Waals surface area (Å²) in [6.07, 6.45) is -2.70. The predicted molar refractivity (Wildman–Crippen MR) is 157 cm³/mol. The molecule has 0 radical (unpaired) electrons. The molecule has 1 amide bonds. The number of amides is 1. The van der Waals surface area contributed by atoms with Gasteiger partial charge < -0.3 is 24.3 Å². The zero-order valence-electron chi connectivity index (χ0n) is 25.5. The molecule has 2 atom stereocenters. The number of halogens is 5. The number of piperazine rings is 1. The van der Waals surface area contributed by atoms with Crippen LogP contribution in [0.5, 0.6) is 6.01 Å². The summed E-state index contributed by atoms with van der Waals surface area (Å²) in [7, 11) is 3.95. The van der Waals surface area contributed by atoms with Gasteiger partial charge in [0.05, 0.1) is 48.6 Å². The quantitative estimate of drug-likeness (QED) is 0.290. The molecule has 0 spiro atoms. The zero-order chi connectivity index (χ0) is 32.7. The summed E-state index contributed by atoms with van der Waals surface area (Å²) in [5, 5.41) is 9.45. The van der Waals surface area contributed by atoms with Crippen LogP contribution >= 0.6 is 0 Å². The molecule has 2 fully saturated rings. The Bertz CT molecular complexity index is 1500. The summed E-state index contributed by atoms with van der Waals surface area (Å²) < 4.78 is 77.0. The van der Waals surface area contributed by atoms with Crippen LogP contribution < -0.4 is 14.5 Å². The maximum atomic E-state index is 15.1. The highest BCUT2D eigenvalue weighted by Crippen LogP contribution is 2.46. The number of carbonyl (C=O) groups is 1. The van der Waals surface area contributed by atoms with E-state index in [2.05, 4.69) is 22.5 Å². The van der Waals surface area contributed by atoms with Gasteiger partial charge in [0, 0.05) is 43.2 Å². The van der Waals surface area contributed by atoms with E-state index < -0.39 is 47.1 Å². The van der Waals surface area contributed by atoms with Gasteiger partial charge in [0.25, 0.3) is 5.91 Å². The highest BCUT2D eigenvalue weighted by Gasteiger charge is 2.45. The average Bonchev–Trinajstić information content (AvgIpc) is 3.73. The molecule has 242 valence electrons. The van der Waals surface area contributed by atoms with Crippen LogP contribution in [0.15, 0.2) is 30.6 Å². The Morgan fingerprint density at radius 1 is 1.24 bits per heavy atom. The van der Waals surface area contributed by atoms with Gasteiger partial charge in [-0.1, -0.05) is 12.6 Å². The largest absolute Gasteiger partial charge is 0.463 e. The average molecular weight is 634 g/mol. The van der Waals surface area contributed by atoms with Crippen molar-refractivity contribution in [2.75, 3.05) is 56.7 Å². The van der Waals surface area contributed by atoms with Gasteiger partial charge in [0.2, 0.25) is 0 Å². The lowest BCUT2D eigenvalue weighted by Crippen LogP contribution is -2.56. The number of benzene rings is 1. The monoisotopic (exact) mass is 633 g/mol. The summed E-state index contributed by atoms with van der Waals surface area (Å²) in [5.41, 5.74) is -0.610. The molecule has 1 aliphatic carbocycles. The normalized spacial score (nSPS) is 20.9. The highest BCUT2D eigenvalue weighted by molar-refractivity contribution is 5.91. The maximum absolute atomic E-state index is 15.1. The Morgan fingerprint density at radius 2 is 1.98 bits per heavy atom. The SMILES string of the molecule is C=C(F)C(=O)N1CCN(c2nc(OCC3(CN(C)C)CC3)nc3c2C[C@@H](C)N(c2c(F)cccc2C(F)(F)F)C3)CC1CC#N. The number of nitriles is 1. The summed E-state index contributed by atoms with van der Waals surface area (Å²) in [5.74, 6) is -2.51. The lowest BCUT2D eigenvalue weighted by molar-refractivity contribution is -0.137. The van der Waals surface area contributed by atoms with E-state index in [0.717, 1.165) is 37.6 Å². The Kier molecular flexibility index (Phi) is 8.95. The van der Waals surface area contributed by atoms with Crippen molar-refractivity contribution in [3.8, 4) is 12.1 Å². The van der Waals surface area contributed by atoms with E-state index in [-0.39, 0.29) is 50.4 Å². The minimum Gasteiger partial charge on any atom is -0.463 e. The van der Waals surface area contributed by atoms with E-state index in [9.17, 15) is 27.6 Å². The molecule has 3 aliphatic rings. The Labute approximate surface area is 258 Å². The standard InChI is InChI=1S/C31H36F5N7O2/c1-19-14-22-25(16-43(19)26-23(31(34,35)36)6-5-7-24(26)33)38-29(45-18-30(9-10-30)17-40(3)4)39-27(22)41-12-13-42(28(44)20(2)32)21(15-41)8-11-37/h5-7,19,21H,2,8-10,12-18H2,1,3-4H3/t19-,21?/m1/s1. The number of rotatable bonds is 9. The first-order valence-electron chi connectivity index (χ1n) is 14.8. The molecule has 2 aliphatic heterocycles. The fraction of sp³-hybridized carbons (Fsp3) is 0.548. The molecule has 45 heavy (non-hydrogen) atoms. The molecule has 1 aromatic carbocycles. The van der Waals surface area contributed by atoms with Crippen LogP contribution in [-0.2, 0) is 23.9 Å². The van der Waals surface area contributed by atoms with Crippen LogP contribution in [0, 0.1) is 22.6 Å². The van der Waals surface area contributed by atoms with Crippen molar-refractivity contribution in [1.29, 1.82) is 5.26 Å². The molecule has 0 bridgehead atoms. The minimum absolute atomic E-state index is 0.0420. The van der Waals surface area contributed by atoms with E-state index in [1.165, 1.54) is 9.80 Å². The molecule has 14 heteroatoms. The van der Waals surface area contributed by atoms with E-state index in [1.54, 1.807) is 6.92 Å². The first kappa shape index (κ1) is 32.4. The molecular weight excluding hydrogens is 597 g/mol. The van der Waals surface area contributed by atoms with Crippen LogP contribution in [0.4, 0.5) is 33.5 Å². The summed E-state index contributed by atoms with van der Waals surface area (Å²) in [6.45, 7) is 6.33. The van der Waals surface area contributed by atoms with Crippen molar-refractivity contribution in [3.05, 3.63) is 53.2 Å². The third kappa shape index (κ3) is 6.83. The Hall–Kier alpha value is -3.99. The molecule has 2 aromatic rings. The smallest absolute Gasteiger partial charge is 0.418 e. The Balaban J connectivity index is 1.53. The van der Waals surface area contributed by atoms with Crippen LogP contribution in [0.2, 0.25) is 0 Å². The molecular formula is C31H36F5N7O2. The van der Waals surface area contributed by atoms with Crippen molar-refractivity contribution >= 4 is 17.4 Å². The van der Waals surface area contributed by atoms with Crippen LogP contribution in [0.1, 0.15) is 43.0 Å². The van der Waals surface area contributed by atoms with E-state index >= 15 is 4.39 Å². The second kappa shape index (κ2) is 12.4. The molecule has 1 saturated heterocycles. The second-order valence-electron chi connectivity index (χ2n) is 12.5. The fourth-order valence-electron chi connectivity index (χ4n) is 6.38. The summed E-state index contributed by atoms with van der Waals surface area (Å²) in [6, 6.07) is 3.79. The van der Waals surface area contributed by atoms with Crippen molar-refractivity contribution in [2.45, 2.75) is 57.4 Å². The van der Waals surface area contributed by atoms with Gasteiger partial charge >= 0.3 is 12.2 Å². The van der Waals surface area contributed by atoms with Crippen LogP contribution in [0.3, 0.4) is 0 Å². The number of para-hydroxylation sites is 1. The maximum Gasteiger partial charge on any atom is 0.418 e. The van der Waals surface area contributed by atoms with Gasteiger partial charge in [-0.2, -0.15) is 28.4 Å². The van der Waals surface area contributed by atoms with E-state index in [4.69, 9.17) is 9.72 Å². The minimum atomic E-state index is -4.77. The van der Waals surface area contributed by atoms with Gasteiger partial charge in [-0.05, 0) is 52.4 Å². The lowest BCUT2D eigenvalue weighted by atomic mass is 9.96. The number of aromatic nitrogens is 2. The molecule has 5 rings (SSSR count).